The van der Waals surface area contributed by atoms with Gasteiger partial charge in [-0.1, -0.05) is 11.8 Å². The summed E-state index contributed by atoms with van der Waals surface area (Å²) in [5, 5.41) is 2.00. The molecule has 4 nitrogen and oxygen atoms in total. The molecule has 3 rings (SSSR count). The zero-order valence-corrected chi connectivity index (χ0v) is 17.5. The quantitative estimate of drug-likeness (QED) is 0.320. The Labute approximate surface area is 156 Å². The zero-order valence-electron chi connectivity index (χ0n) is 15.0. The van der Waals surface area contributed by atoms with E-state index in [-0.39, 0.29) is 5.60 Å². The largest absolute Gasteiger partial charge is 0.370 e. The molecule has 24 heavy (non-hydrogen) atoms. The molecule has 0 saturated carbocycles. The highest BCUT2D eigenvalue weighted by Crippen LogP contribution is 2.41. The summed E-state index contributed by atoms with van der Waals surface area (Å²) in [7, 11) is 4.24. The van der Waals surface area contributed by atoms with Gasteiger partial charge in [-0.15, -0.1) is 23.1 Å². The van der Waals surface area contributed by atoms with Gasteiger partial charge in [-0.05, 0) is 47.2 Å². The molecule has 0 aliphatic carbocycles. The van der Waals surface area contributed by atoms with Gasteiger partial charge >= 0.3 is 0 Å². The summed E-state index contributed by atoms with van der Waals surface area (Å²) in [6.07, 6.45) is 4.17. The molecule has 2 aromatic rings. The Bertz CT molecular complexity index is 727. The van der Waals surface area contributed by atoms with Crippen molar-refractivity contribution < 1.29 is 4.74 Å². The standard InChI is InChI=1S/C17H25N3OS3/c1-17(2)9-12-11(10-21-17)13-14(24-12)15(19-16(18-13)22-5)23-8-6-7-20(3)4/h6-10H2,1-5H3. The third-order valence-corrected chi connectivity index (χ3v) is 6.99. The molecule has 0 N–H and O–H groups in total. The molecular formula is C17H25N3OS3. The number of hydrogen-bond donors (Lipinski definition) is 0. The molecule has 1 aliphatic heterocycles. The maximum atomic E-state index is 6.02. The number of nitrogens with zero attached hydrogens (tertiary/aromatic N) is 3. The van der Waals surface area contributed by atoms with Crippen LogP contribution in [0.15, 0.2) is 10.2 Å². The van der Waals surface area contributed by atoms with Crippen LogP contribution < -0.4 is 0 Å². The van der Waals surface area contributed by atoms with Crippen molar-refractivity contribution in [2.75, 3.05) is 32.6 Å². The van der Waals surface area contributed by atoms with E-state index in [1.165, 1.54) is 21.6 Å². The van der Waals surface area contributed by atoms with E-state index in [0.717, 1.165) is 34.4 Å². The van der Waals surface area contributed by atoms with Gasteiger partial charge in [0.2, 0.25) is 0 Å². The summed E-state index contributed by atoms with van der Waals surface area (Å²) in [5.74, 6) is 1.09. The molecule has 1 aliphatic rings. The van der Waals surface area contributed by atoms with Crippen molar-refractivity contribution in [1.29, 1.82) is 0 Å². The first-order chi connectivity index (χ1) is 11.4. The van der Waals surface area contributed by atoms with E-state index in [0.29, 0.717) is 6.61 Å². The molecule has 0 amide bonds. The fraction of sp³-hybridized carbons (Fsp3) is 0.647. The lowest BCUT2D eigenvalue weighted by Crippen LogP contribution is -2.30. The maximum Gasteiger partial charge on any atom is 0.188 e. The molecular weight excluding hydrogens is 358 g/mol. The van der Waals surface area contributed by atoms with E-state index in [2.05, 4.69) is 32.8 Å². The number of hydrogen-bond acceptors (Lipinski definition) is 7. The summed E-state index contributed by atoms with van der Waals surface area (Å²) >= 11 is 5.35. The first kappa shape index (κ1) is 18.5. The number of fused-ring (bicyclic) bond motifs is 3. The predicted molar refractivity (Wildman–Crippen MR) is 106 cm³/mol. The summed E-state index contributed by atoms with van der Waals surface area (Å²) in [6, 6.07) is 0. The normalized spacial score (nSPS) is 16.8. The number of thiophene rings is 1. The van der Waals surface area contributed by atoms with E-state index in [1.54, 1.807) is 11.8 Å². The molecule has 2 aromatic heterocycles. The molecule has 0 fully saturated rings. The minimum absolute atomic E-state index is 0.0807. The molecule has 3 heterocycles. The van der Waals surface area contributed by atoms with E-state index in [4.69, 9.17) is 14.7 Å². The second-order valence-corrected chi connectivity index (χ2v) is 9.89. The minimum Gasteiger partial charge on any atom is -0.370 e. The third kappa shape index (κ3) is 4.07. The van der Waals surface area contributed by atoms with Crippen molar-refractivity contribution in [2.45, 2.75) is 49.1 Å². The lowest BCUT2D eigenvalue weighted by atomic mass is 9.98. The van der Waals surface area contributed by atoms with Crippen molar-refractivity contribution in [1.82, 2.24) is 14.9 Å². The minimum atomic E-state index is -0.0807. The Hall–Kier alpha value is -0.340. The van der Waals surface area contributed by atoms with Gasteiger partial charge < -0.3 is 9.64 Å². The summed E-state index contributed by atoms with van der Waals surface area (Å²) in [6.45, 7) is 6.10. The van der Waals surface area contributed by atoms with Crippen LogP contribution in [0.1, 0.15) is 30.7 Å². The van der Waals surface area contributed by atoms with Crippen molar-refractivity contribution >= 4 is 45.1 Å². The van der Waals surface area contributed by atoms with Crippen LogP contribution in [0.4, 0.5) is 0 Å². The van der Waals surface area contributed by atoms with Gasteiger partial charge in [0, 0.05) is 22.6 Å². The topological polar surface area (TPSA) is 38.2 Å². The van der Waals surface area contributed by atoms with Gasteiger partial charge in [0.25, 0.3) is 0 Å². The van der Waals surface area contributed by atoms with E-state index in [1.807, 2.05) is 29.4 Å². The Balaban J connectivity index is 1.92. The van der Waals surface area contributed by atoms with Crippen LogP contribution in [0.5, 0.6) is 0 Å². The summed E-state index contributed by atoms with van der Waals surface area (Å²) in [5.41, 5.74) is 2.31. The summed E-state index contributed by atoms with van der Waals surface area (Å²) in [4.78, 5) is 13.2. The van der Waals surface area contributed by atoms with Gasteiger partial charge in [-0.3, -0.25) is 0 Å². The monoisotopic (exact) mass is 383 g/mol. The molecule has 0 unspecified atom stereocenters. The van der Waals surface area contributed by atoms with E-state index < -0.39 is 0 Å². The first-order valence-corrected chi connectivity index (χ1v) is 11.2. The SMILES string of the molecule is CSc1nc(SCCCN(C)C)c2sc3c(c2n1)COC(C)(C)C3. The van der Waals surface area contributed by atoms with Gasteiger partial charge in [0.05, 0.1) is 22.4 Å². The van der Waals surface area contributed by atoms with Crippen LogP contribution in [0.3, 0.4) is 0 Å². The highest BCUT2D eigenvalue weighted by molar-refractivity contribution is 7.99. The Morgan fingerprint density at radius 1 is 1.29 bits per heavy atom. The lowest BCUT2D eigenvalue weighted by molar-refractivity contribution is -0.0383. The second kappa shape index (κ2) is 7.50. The van der Waals surface area contributed by atoms with Crippen molar-refractivity contribution in [2.24, 2.45) is 0 Å². The highest BCUT2D eigenvalue weighted by atomic mass is 32.2. The first-order valence-electron chi connectivity index (χ1n) is 8.17. The van der Waals surface area contributed by atoms with Crippen molar-refractivity contribution in [3.8, 4) is 0 Å². The Morgan fingerprint density at radius 2 is 2.08 bits per heavy atom. The fourth-order valence-corrected chi connectivity index (χ4v) is 5.67. The fourth-order valence-electron chi connectivity index (χ4n) is 2.76. The maximum absolute atomic E-state index is 6.02. The average molecular weight is 384 g/mol. The molecule has 0 bridgehead atoms. The van der Waals surface area contributed by atoms with Gasteiger partial charge in [0.1, 0.15) is 5.03 Å². The lowest BCUT2D eigenvalue weighted by Gasteiger charge is -2.29. The van der Waals surface area contributed by atoms with Crippen LogP contribution >= 0.6 is 34.9 Å². The van der Waals surface area contributed by atoms with Crippen molar-refractivity contribution in [3.63, 3.8) is 0 Å². The van der Waals surface area contributed by atoms with Crippen molar-refractivity contribution in [3.05, 3.63) is 10.4 Å². The number of thioether (sulfide) groups is 2. The van der Waals surface area contributed by atoms with Crippen LogP contribution in [-0.4, -0.2) is 53.1 Å². The van der Waals surface area contributed by atoms with Gasteiger partial charge in [0.15, 0.2) is 5.16 Å². The Morgan fingerprint density at radius 3 is 2.79 bits per heavy atom. The molecule has 0 radical (unpaired) electrons. The smallest absolute Gasteiger partial charge is 0.188 e. The van der Waals surface area contributed by atoms with E-state index >= 15 is 0 Å². The van der Waals surface area contributed by atoms with Gasteiger partial charge in [-0.2, -0.15) is 0 Å². The van der Waals surface area contributed by atoms with Crippen LogP contribution in [0.25, 0.3) is 10.2 Å². The predicted octanol–water partition coefficient (Wildman–Crippen LogP) is 4.31. The summed E-state index contributed by atoms with van der Waals surface area (Å²) < 4.78 is 7.27. The van der Waals surface area contributed by atoms with E-state index in [9.17, 15) is 0 Å². The number of ether oxygens (including phenoxy) is 1. The molecule has 7 heteroatoms. The number of rotatable bonds is 6. The average Bonchev–Trinajstić information content (AvgIpc) is 2.87. The zero-order chi connectivity index (χ0) is 17.3. The molecule has 0 spiro atoms. The van der Waals surface area contributed by atoms with Crippen LogP contribution in [0.2, 0.25) is 0 Å². The third-order valence-electron chi connectivity index (χ3n) is 4.03. The highest BCUT2D eigenvalue weighted by Gasteiger charge is 2.30. The van der Waals surface area contributed by atoms with Crippen LogP contribution in [-0.2, 0) is 17.8 Å². The Kier molecular flexibility index (Phi) is 5.76. The second-order valence-electron chi connectivity index (χ2n) is 6.93. The molecule has 0 aromatic carbocycles. The molecule has 0 saturated heterocycles. The van der Waals surface area contributed by atoms with Gasteiger partial charge in [-0.25, -0.2) is 9.97 Å². The number of aromatic nitrogens is 2. The van der Waals surface area contributed by atoms with Crippen LogP contribution in [0, 0.1) is 0 Å². The molecule has 0 atom stereocenters. The molecule has 132 valence electrons.